The average molecular weight is 535 g/mol. The molecule has 0 amide bonds. The third-order valence-corrected chi connectivity index (χ3v) is 11.0. The number of nitrogens with zero attached hydrogens (tertiary/aromatic N) is 5. The number of nitrogen functional groups attached to an aromatic ring is 1. The molecule has 0 spiro atoms. The van der Waals surface area contributed by atoms with E-state index in [4.69, 9.17) is 19.9 Å². The van der Waals surface area contributed by atoms with Crippen LogP contribution in [0.25, 0.3) is 11.2 Å². The summed E-state index contributed by atoms with van der Waals surface area (Å²) < 4.78 is 35.4. The number of carbonyl (C=O) groups is 2. The number of fused-ring (bicyclic) bond motifs is 1. The first kappa shape index (κ1) is 26.1. The van der Waals surface area contributed by atoms with E-state index in [2.05, 4.69) is 15.0 Å². The number of hydrogen-bond donors (Lipinski definition) is 1. The average Bonchev–Trinajstić information content (AvgIpc) is 3.28. The molecule has 3 aliphatic rings. The summed E-state index contributed by atoms with van der Waals surface area (Å²) in [6.45, 7) is 3.20. The van der Waals surface area contributed by atoms with Gasteiger partial charge in [-0.25, -0.2) is 9.65 Å². The first-order valence-electron chi connectivity index (χ1n) is 13.1. The molecule has 13 heteroatoms. The van der Waals surface area contributed by atoms with Crippen molar-refractivity contribution in [3.05, 3.63) is 6.33 Å². The van der Waals surface area contributed by atoms with Crippen molar-refractivity contribution < 1.29 is 28.4 Å². The largest absolute Gasteiger partial charge is 0.473 e. The van der Waals surface area contributed by atoms with Crippen molar-refractivity contribution >= 4 is 36.7 Å². The maximum Gasteiger partial charge on any atom is 0.323 e. The summed E-state index contributed by atoms with van der Waals surface area (Å²) in [5, 5.41) is 0. The summed E-state index contributed by atoms with van der Waals surface area (Å²) in [6.07, 6.45) is 8.22. The number of aromatic nitrogens is 4. The highest BCUT2D eigenvalue weighted by atomic mass is 31.2. The van der Waals surface area contributed by atoms with Gasteiger partial charge in [0.05, 0.1) is 19.5 Å². The third kappa shape index (κ3) is 5.37. The molecule has 1 aliphatic heterocycles. The number of aldehydes is 1. The topological polar surface area (TPSA) is 152 Å². The minimum atomic E-state index is -3.21. The van der Waals surface area contributed by atoms with Crippen LogP contribution in [0.15, 0.2) is 6.33 Å². The maximum absolute atomic E-state index is 14.6. The zero-order valence-corrected chi connectivity index (χ0v) is 22.1. The van der Waals surface area contributed by atoms with Crippen LogP contribution >= 0.6 is 7.29 Å². The molecule has 2 aromatic heterocycles. The van der Waals surface area contributed by atoms with Crippen LogP contribution in [0.5, 0.6) is 5.88 Å². The van der Waals surface area contributed by atoms with E-state index < -0.39 is 13.3 Å². The highest BCUT2D eigenvalue weighted by molar-refractivity contribution is 7.62. The van der Waals surface area contributed by atoms with Crippen molar-refractivity contribution in [1.82, 2.24) is 24.2 Å². The van der Waals surface area contributed by atoms with Gasteiger partial charge in [0.2, 0.25) is 11.8 Å². The van der Waals surface area contributed by atoms with Gasteiger partial charge in [-0.2, -0.15) is 9.97 Å². The van der Waals surface area contributed by atoms with E-state index in [1.165, 1.54) is 0 Å². The monoisotopic (exact) mass is 534 g/mol. The number of ether oxygens (including phenoxy) is 3. The summed E-state index contributed by atoms with van der Waals surface area (Å²) >= 11 is 0. The number of carbonyl (C=O) groups excluding carboxylic acids is 2. The van der Waals surface area contributed by atoms with Crippen LogP contribution in [-0.2, 0) is 30.2 Å². The second-order valence-corrected chi connectivity index (χ2v) is 12.9. The van der Waals surface area contributed by atoms with Crippen LogP contribution in [0, 0.1) is 5.92 Å². The van der Waals surface area contributed by atoms with Crippen molar-refractivity contribution in [2.75, 3.05) is 31.8 Å². The van der Waals surface area contributed by atoms with Crippen LogP contribution in [0.2, 0.25) is 0 Å². The van der Waals surface area contributed by atoms with Crippen molar-refractivity contribution in [1.29, 1.82) is 0 Å². The number of rotatable bonds is 12. The Labute approximate surface area is 215 Å². The lowest BCUT2D eigenvalue weighted by atomic mass is 10.1. The van der Waals surface area contributed by atoms with E-state index in [9.17, 15) is 14.2 Å². The van der Waals surface area contributed by atoms with Gasteiger partial charge in [-0.15, -0.1) is 0 Å². The Morgan fingerprint density at radius 3 is 2.81 bits per heavy atom. The van der Waals surface area contributed by atoms with E-state index in [0.29, 0.717) is 49.4 Å². The fraction of sp³-hybridized carbons (Fsp3) is 0.708. The summed E-state index contributed by atoms with van der Waals surface area (Å²) in [6, 6.07) is -0.565. The molecule has 2 aromatic rings. The first-order chi connectivity index (χ1) is 17.9. The van der Waals surface area contributed by atoms with Crippen LogP contribution in [0.4, 0.5) is 5.95 Å². The zero-order chi connectivity index (χ0) is 26.0. The molecule has 2 N–H and O–H groups in total. The highest BCUT2D eigenvalue weighted by Gasteiger charge is 2.50. The SMILES string of the molecule is CCOC(=O)[C@@H]1CCCN1P(=O)(COCCn1cnc2c(OC3CC3)nc(N)nc21)C1CCC[C@H]1C=O. The molecule has 2 saturated carbocycles. The van der Waals surface area contributed by atoms with Gasteiger partial charge < -0.3 is 33.9 Å². The summed E-state index contributed by atoms with van der Waals surface area (Å²) in [5.74, 6) is -0.155. The molecule has 1 saturated heterocycles. The Hall–Kier alpha value is -2.56. The molecule has 12 nitrogen and oxygen atoms in total. The minimum absolute atomic E-state index is 0.0301. The van der Waals surface area contributed by atoms with Gasteiger partial charge in [-0.3, -0.25) is 4.79 Å². The molecule has 202 valence electrons. The third-order valence-electron chi connectivity index (χ3n) is 7.45. The molecular formula is C24H35N6O6P. The molecule has 2 aliphatic carbocycles. The standard InChI is InChI=1S/C24H35N6O6P/c1-2-35-23(32)18-6-4-10-30(18)37(33,19-7-3-5-16(19)13-31)15-34-12-11-29-14-26-20-21(29)27-24(25)28-22(20)36-17-8-9-17/h13-14,16-19H,2-12,15H2,1H3,(H2,25,27,28)/t16-,18-,19?,37?/m0/s1. The number of esters is 1. The maximum atomic E-state index is 14.6. The Bertz CT molecular complexity index is 1190. The van der Waals surface area contributed by atoms with Gasteiger partial charge in [0.15, 0.2) is 18.5 Å². The molecular weight excluding hydrogens is 499 g/mol. The van der Waals surface area contributed by atoms with Crippen LogP contribution < -0.4 is 10.5 Å². The van der Waals surface area contributed by atoms with E-state index in [-0.39, 0.29) is 49.2 Å². The molecule has 0 radical (unpaired) electrons. The van der Waals surface area contributed by atoms with E-state index >= 15 is 0 Å². The van der Waals surface area contributed by atoms with Crippen LogP contribution in [0.1, 0.15) is 51.9 Å². The lowest BCUT2D eigenvalue weighted by Crippen LogP contribution is -2.39. The Kier molecular flexibility index (Phi) is 7.78. The fourth-order valence-corrected chi connectivity index (χ4v) is 9.18. The molecule has 0 aromatic carbocycles. The van der Waals surface area contributed by atoms with Gasteiger partial charge in [-0.1, -0.05) is 6.42 Å². The van der Waals surface area contributed by atoms with Gasteiger partial charge >= 0.3 is 5.97 Å². The van der Waals surface area contributed by atoms with E-state index in [0.717, 1.165) is 32.0 Å². The van der Waals surface area contributed by atoms with Crippen molar-refractivity contribution in [2.24, 2.45) is 5.92 Å². The number of imidazole rings is 1. The highest BCUT2D eigenvalue weighted by Crippen LogP contribution is 2.62. The van der Waals surface area contributed by atoms with Crippen LogP contribution in [0.3, 0.4) is 0 Å². The molecule has 4 atom stereocenters. The predicted molar refractivity (Wildman–Crippen MR) is 135 cm³/mol. The number of nitrogens with two attached hydrogens (primary N) is 1. The molecule has 3 fully saturated rings. The lowest BCUT2D eigenvalue weighted by Gasteiger charge is -2.37. The fourth-order valence-electron chi connectivity index (χ4n) is 5.51. The Morgan fingerprint density at radius 2 is 2.05 bits per heavy atom. The Balaban J connectivity index is 1.30. The van der Waals surface area contributed by atoms with Crippen LogP contribution in [-0.4, -0.2) is 80.4 Å². The lowest BCUT2D eigenvalue weighted by molar-refractivity contribution is -0.147. The minimum Gasteiger partial charge on any atom is -0.473 e. The normalized spacial score (nSPS) is 25.8. The summed E-state index contributed by atoms with van der Waals surface area (Å²) in [4.78, 5) is 37.4. The number of anilines is 1. The van der Waals surface area contributed by atoms with Gasteiger partial charge in [0, 0.05) is 24.7 Å². The zero-order valence-electron chi connectivity index (χ0n) is 21.2. The summed E-state index contributed by atoms with van der Waals surface area (Å²) in [5.41, 5.74) is 6.68. The smallest absolute Gasteiger partial charge is 0.323 e. The van der Waals surface area contributed by atoms with E-state index in [1.54, 1.807) is 22.5 Å². The predicted octanol–water partition coefficient (Wildman–Crippen LogP) is 2.60. The number of hydrogen-bond acceptors (Lipinski definition) is 10. The molecule has 2 unspecified atom stereocenters. The molecule has 37 heavy (non-hydrogen) atoms. The van der Waals surface area contributed by atoms with Gasteiger partial charge in [-0.05, 0) is 45.4 Å². The molecule has 3 heterocycles. The van der Waals surface area contributed by atoms with E-state index in [1.807, 2.05) is 0 Å². The second-order valence-electron chi connectivity index (χ2n) is 9.98. The van der Waals surface area contributed by atoms with Crippen molar-refractivity contribution in [3.8, 4) is 5.88 Å². The van der Waals surface area contributed by atoms with Gasteiger partial charge in [0.25, 0.3) is 0 Å². The quantitative estimate of drug-likeness (QED) is 0.185. The Morgan fingerprint density at radius 1 is 1.22 bits per heavy atom. The summed E-state index contributed by atoms with van der Waals surface area (Å²) in [7, 11) is -3.21. The molecule has 0 bridgehead atoms. The van der Waals surface area contributed by atoms with Crippen molar-refractivity contribution in [2.45, 2.75) is 76.2 Å². The van der Waals surface area contributed by atoms with Gasteiger partial charge in [0.1, 0.15) is 24.8 Å². The van der Waals surface area contributed by atoms with Crippen molar-refractivity contribution in [3.63, 3.8) is 0 Å². The second kappa shape index (κ2) is 11.0. The molecule has 5 rings (SSSR count). The first-order valence-corrected chi connectivity index (χ1v) is 15.1.